The van der Waals surface area contributed by atoms with Crippen molar-refractivity contribution in [2.45, 2.75) is 69.1 Å². The molecule has 2 aliphatic rings. The van der Waals surface area contributed by atoms with Gasteiger partial charge >= 0.3 is 11.9 Å². The highest BCUT2D eigenvalue weighted by molar-refractivity contribution is 6.30. The van der Waals surface area contributed by atoms with E-state index in [1.165, 1.54) is 0 Å². The highest BCUT2D eigenvalue weighted by Crippen LogP contribution is 2.43. The molecule has 2 fully saturated rings. The van der Waals surface area contributed by atoms with Gasteiger partial charge in [-0.3, -0.25) is 9.59 Å². The van der Waals surface area contributed by atoms with Crippen molar-refractivity contribution in [2.75, 3.05) is 6.61 Å². The number of hydrogen-bond acceptors (Lipinski definition) is 3. The first kappa shape index (κ1) is 24.6. The van der Waals surface area contributed by atoms with Gasteiger partial charge in [0.25, 0.3) is 0 Å². The second kappa shape index (κ2) is 10.7. The molecule has 0 atom stereocenters. The minimum atomic E-state index is -0.706. The SMILES string of the molecule is CCOC(=O)C1(c2ccc(Cl)cc2)CCCC1.O=C(O)C1(c2ccc(Cl)cc2)CCCC1. The van der Waals surface area contributed by atoms with Crippen LogP contribution in [0.15, 0.2) is 48.5 Å². The Morgan fingerprint density at radius 1 is 0.781 bits per heavy atom. The molecule has 172 valence electrons. The summed E-state index contributed by atoms with van der Waals surface area (Å²) in [6, 6.07) is 14.8. The molecule has 0 spiro atoms. The Morgan fingerprint density at radius 2 is 1.16 bits per heavy atom. The predicted octanol–water partition coefficient (Wildman–Crippen LogP) is 6.95. The fourth-order valence-corrected chi connectivity index (χ4v) is 5.25. The minimum absolute atomic E-state index is 0.0835. The average molecular weight is 477 g/mol. The third-order valence-corrected chi connectivity index (χ3v) is 7.29. The molecule has 2 aromatic carbocycles. The maximum Gasteiger partial charge on any atom is 0.316 e. The Labute approximate surface area is 199 Å². The van der Waals surface area contributed by atoms with Crippen LogP contribution in [0, 0.1) is 0 Å². The van der Waals surface area contributed by atoms with E-state index in [0.717, 1.165) is 62.5 Å². The molecule has 32 heavy (non-hydrogen) atoms. The van der Waals surface area contributed by atoms with Gasteiger partial charge in [0.1, 0.15) is 0 Å². The second-order valence-corrected chi connectivity index (χ2v) is 9.49. The van der Waals surface area contributed by atoms with Gasteiger partial charge in [-0.1, -0.05) is 73.2 Å². The van der Waals surface area contributed by atoms with Gasteiger partial charge in [-0.2, -0.15) is 0 Å². The molecule has 6 heteroatoms. The number of esters is 1. The molecule has 4 nitrogen and oxygen atoms in total. The van der Waals surface area contributed by atoms with Crippen LogP contribution < -0.4 is 0 Å². The summed E-state index contributed by atoms with van der Waals surface area (Å²) in [5, 5.41) is 10.7. The molecule has 2 aromatic rings. The van der Waals surface area contributed by atoms with Crippen molar-refractivity contribution >= 4 is 35.1 Å². The van der Waals surface area contributed by atoms with E-state index < -0.39 is 16.8 Å². The molecule has 0 amide bonds. The Balaban J connectivity index is 0.000000182. The van der Waals surface area contributed by atoms with E-state index in [-0.39, 0.29) is 5.97 Å². The molecule has 0 aromatic heterocycles. The quantitative estimate of drug-likeness (QED) is 0.474. The molecule has 2 aliphatic carbocycles. The molecule has 0 saturated heterocycles. The van der Waals surface area contributed by atoms with E-state index in [1.54, 1.807) is 12.1 Å². The van der Waals surface area contributed by atoms with Crippen LogP contribution in [0.25, 0.3) is 0 Å². The van der Waals surface area contributed by atoms with E-state index in [9.17, 15) is 14.7 Å². The van der Waals surface area contributed by atoms with Gasteiger partial charge in [0.2, 0.25) is 0 Å². The van der Waals surface area contributed by atoms with Crippen LogP contribution in [0.2, 0.25) is 10.0 Å². The fraction of sp³-hybridized carbons (Fsp3) is 0.462. The average Bonchev–Trinajstić information content (AvgIpc) is 3.47. The van der Waals surface area contributed by atoms with Gasteiger partial charge in [0, 0.05) is 10.0 Å². The Bertz CT molecular complexity index is 910. The van der Waals surface area contributed by atoms with Crippen LogP contribution >= 0.6 is 23.2 Å². The van der Waals surface area contributed by atoms with Crippen molar-refractivity contribution in [3.63, 3.8) is 0 Å². The fourth-order valence-electron chi connectivity index (χ4n) is 5.00. The van der Waals surface area contributed by atoms with E-state index in [2.05, 4.69) is 0 Å². The van der Waals surface area contributed by atoms with Crippen molar-refractivity contribution in [1.82, 2.24) is 0 Å². The summed E-state index contributed by atoms with van der Waals surface area (Å²) in [5.74, 6) is -0.790. The highest BCUT2D eigenvalue weighted by Gasteiger charge is 2.44. The zero-order chi connectivity index (χ0) is 23.2. The Hall–Kier alpha value is -2.04. The van der Waals surface area contributed by atoms with Crippen LogP contribution in [-0.2, 0) is 25.2 Å². The maximum atomic E-state index is 12.2. The van der Waals surface area contributed by atoms with E-state index in [0.29, 0.717) is 16.7 Å². The molecule has 0 bridgehead atoms. The molecular formula is C26H30Cl2O4. The lowest BCUT2D eigenvalue weighted by molar-refractivity contribution is -0.150. The molecule has 0 heterocycles. The molecule has 1 N–H and O–H groups in total. The normalized spacial score (nSPS) is 18.5. The second-order valence-electron chi connectivity index (χ2n) is 8.62. The lowest BCUT2D eigenvalue weighted by atomic mass is 9.79. The monoisotopic (exact) mass is 476 g/mol. The maximum absolute atomic E-state index is 12.2. The van der Waals surface area contributed by atoms with Crippen LogP contribution in [0.1, 0.15) is 69.4 Å². The van der Waals surface area contributed by atoms with Gasteiger partial charge < -0.3 is 9.84 Å². The number of benzene rings is 2. The first-order valence-electron chi connectivity index (χ1n) is 11.3. The standard InChI is InChI=1S/C14H17ClO2.C12H13ClO2/c1-2-17-13(16)14(9-3-4-10-14)11-5-7-12(15)8-6-11;13-10-5-3-9(4-6-10)12(11(14)15)7-1-2-8-12/h5-8H,2-4,9-10H2,1H3;3-6H,1-2,7-8H2,(H,14,15). The molecule has 0 aliphatic heterocycles. The van der Waals surface area contributed by atoms with Crippen LogP contribution in [0.5, 0.6) is 0 Å². The number of carbonyl (C=O) groups is 2. The van der Waals surface area contributed by atoms with Crippen molar-refractivity contribution in [3.05, 3.63) is 69.7 Å². The Kier molecular flexibility index (Phi) is 8.24. The number of carboxylic acid groups (broad SMARTS) is 1. The summed E-state index contributed by atoms with van der Waals surface area (Å²) in [5.41, 5.74) is 0.834. The summed E-state index contributed by atoms with van der Waals surface area (Å²) >= 11 is 11.7. The van der Waals surface area contributed by atoms with Crippen molar-refractivity contribution < 1.29 is 19.4 Å². The number of carboxylic acids is 1. The highest BCUT2D eigenvalue weighted by atomic mass is 35.5. The number of halogens is 2. The number of ether oxygens (including phenoxy) is 1. The summed E-state index contributed by atoms with van der Waals surface area (Å²) in [6.45, 7) is 2.29. The van der Waals surface area contributed by atoms with Gasteiger partial charge in [0.05, 0.1) is 17.4 Å². The smallest absolute Gasteiger partial charge is 0.316 e. The zero-order valence-electron chi connectivity index (χ0n) is 18.4. The first-order chi connectivity index (χ1) is 15.3. The Morgan fingerprint density at radius 3 is 1.53 bits per heavy atom. The summed E-state index contributed by atoms with van der Waals surface area (Å²) in [7, 11) is 0. The number of hydrogen-bond donors (Lipinski definition) is 1. The summed E-state index contributed by atoms with van der Waals surface area (Å²) < 4.78 is 5.24. The third-order valence-electron chi connectivity index (χ3n) is 6.78. The summed E-state index contributed by atoms with van der Waals surface area (Å²) in [4.78, 5) is 23.6. The third kappa shape index (κ3) is 5.13. The van der Waals surface area contributed by atoms with Crippen LogP contribution in [0.4, 0.5) is 0 Å². The lowest BCUT2D eigenvalue weighted by Crippen LogP contribution is -2.34. The van der Waals surface area contributed by atoms with Gasteiger partial charge in [0.15, 0.2) is 0 Å². The van der Waals surface area contributed by atoms with Gasteiger partial charge in [-0.15, -0.1) is 0 Å². The molecule has 2 saturated carbocycles. The van der Waals surface area contributed by atoms with Crippen molar-refractivity contribution in [1.29, 1.82) is 0 Å². The largest absolute Gasteiger partial charge is 0.481 e. The van der Waals surface area contributed by atoms with E-state index >= 15 is 0 Å². The van der Waals surface area contributed by atoms with Crippen molar-refractivity contribution in [2.24, 2.45) is 0 Å². The lowest BCUT2D eigenvalue weighted by Gasteiger charge is -2.27. The number of aliphatic carboxylic acids is 1. The van der Waals surface area contributed by atoms with Crippen LogP contribution in [0.3, 0.4) is 0 Å². The topological polar surface area (TPSA) is 63.6 Å². The first-order valence-corrected chi connectivity index (χ1v) is 12.0. The van der Waals surface area contributed by atoms with Gasteiger partial charge in [-0.05, 0) is 68.0 Å². The van der Waals surface area contributed by atoms with Crippen LogP contribution in [-0.4, -0.2) is 23.7 Å². The molecule has 0 unspecified atom stereocenters. The predicted molar refractivity (Wildman–Crippen MR) is 127 cm³/mol. The minimum Gasteiger partial charge on any atom is -0.481 e. The van der Waals surface area contributed by atoms with Crippen molar-refractivity contribution in [3.8, 4) is 0 Å². The van der Waals surface area contributed by atoms with E-state index in [1.807, 2.05) is 43.3 Å². The molecule has 0 radical (unpaired) electrons. The number of carbonyl (C=O) groups excluding carboxylic acids is 1. The number of rotatable bonds is 5. The molecule has 4 rings (SSSR count). The van der Waals surface area contributed by atoms with E-state index in [4.69, 9.17) is 27.9 Å². The summed E-state index contributed by atoms with van der Waals surface area (Å²) in [6.07, 6.45) is 7.40. The van der Waals surface area contributed by atoms with Gasteiger partial charge in [-0.25, -0.2) is 0 Å². The molecular weight excluding hydrogens is 447 g/mol. The zero-order valence-corrected chi connectivity index (χ0v) is 19.9.